The van der Waals surface area contributed by atoms with Crippen molar-refractivity contribution in [2.24, 2.45) is 0 Å². The van der Waals surface area contributed by atoms with Gasteiger partial charge in [-0.15, -0.1) is 0 Å². The third-order valence-corrected chi connectivity index (χ3v) is 0. The Morgan fingerprint density at radius 3 is 2.00 bits per heavy atom. The normalized spacial score (nSPS) is 9.75. The first kappa shape index (κ1) is 5.47. The molecule has 0 rings (SSSR count). The van der Waals surface area contributed by atoms with Crippen LogP contribution in [0, 0.1) is 0 Å². The van der Waals surface area contributed by atoms with Gasteiger partial charge >= 0.3 is 38.2 Å². The fourth-order valence-electron chi connectivity index (χ4n) is 0. The van der Waals surface area contributed by atoms with Crippen LogP contribution in [0.25, 0.3) is 0 Å². The van der Waals surface area contributed by atoms with Crippen molar-refractivity contribution in [3.63, 3.8) is 0 Å². The van der Waals surface area contributed by atoms with E-state index in [-0.39, 0.29) is 0 Å². The first-order valence-corrected chi connectivity index (χ1v) is 17.2. The van der Waals surface area contributed by atoms with E-state index in [1.54, 1.807) is 0 Å². The Morgan fingerprint density at radius 2 is 2.00 bits per heavy atom. The summed E-state index contributed by atoms with van der Waals surface area (Å²) in [6.45, 7) is 2.90. The van der Waals surface area contributed by atoms with E-state index < -0.39 is 18.9 Å². The fraction of sp³-hybridized carbons (Fsp3) is 1.00. The molecular formula is CH8PSbSi. The molecule has 0 radical (unpaired) electrons. The second kappa shape index (κ2) is 2.69. The van der Waals surface area contributed by atoms with Gasteiger partial charge in [-0.3, -0.25) is 0 Å². The average molecular weight is 201 g/mol. The standard InChI is InChI=1S/CH3.H2P.Sb.H3Si/h1H3;1H2;;1H3/q;-1;+1;. The van der Waals surface area contributed by atoms with Crippen LogP contribution in [-0.2, 0) is 0 Å². The zero-order chi connectivity index (χ0) is 3.58. The minimum absolute atomic E-state index is 0.394. The molecule has 0 aliphatic rings. The van der Waals surface area contributed by atoms with Crippen molar-refractivity contribution >= 4 is 33.3 Å². The van der Waals surface area contributed by atoms with E-state index in [1.165, 1.54) is 7.66 Å². The van der Waals surface area contributed by atoms with Gasteiger partial charge in [0.1, 0.15) is 0 Å². The minimum atomic E-state index is -0.394. The van der Waals surface area contributed by atoms with Gasteiger partial charge in [-0.25, -0.2) is 0 Å². The van der Waals surface area contributed by atoms with E-state index in [0.29, 0.717) is 0 Å². The van der Waals surface area contributed by atoms with Crippen LogP contribution < -0.4 is 0 Å². The topological polar surface area (TPSA) is 0 Å². The maximum atomic E-state index is 2.90. The Labute approximate surface area is 38.3 Å². The van der Waals surface area contributed by atoms with Crippen LogP contribution in [-0.4, -0.2) is 26.5 Å². The second-order valence-corrected chi connectivity index (χ2v) is 29.8. The SMILES string of the molecule is [CH3][Sb]([SiH3])[PH2]. The molecule has 0 saturated carbocycles. The van der Waals surface area contributed by atoms with Gasteiger partial charge in [-0.05, 0) is 0 Å². The van der Waals surface area contributed by atoms with Crippen LogP contribution in [0.15, 0.2) is 0 Å². The van der Waals surface area contributed by atoms with Crippen molar-refractivity contribution in [2.75, 3.05) is 0 Å². The summed E-state index contributed by atoms with van der Waals surface area (Å²) in [5.74, 6) is 0. The maximum absolute atomic E-state index is 2.90. The molecule has 0 fully saturated rings. The van der Waals surface area contributed by atoms with Gasteiger partial charge in [-0.2, -0.15) is 0 Å². The predicted molar refractivity (Wildman–Crippen MR) is 31.3 cm³/mol. The molecule has 0 saturated heterocycles. The Kier molecular flexibility index (Phi) is 3.67. The number of hydrogen-bond donors (Lipinski definition) is 0. The van der Waals surface area contributed by atoms with Crippen LogP contribution in [0.1, 0.15) is 0 Å². The number of rotatable bonds is 0. The van der Waals surface area contributed by atoms with Crippen molar-refractivity contribution in [3.05, 3.63) is 0 Å². The van der Waals surface area contributed by atoms with Crippen LogP contribution >= 0.6 is 6.81 Å². The summed E-state index contributed by atoms with van der Waals surface area (Å²) in [5, 5.41) is 0. The van der Waals surface area contributed by atoms with Crippen molar-refractivity contribution in [1.82, 2.24) is 0 Å². The summed E-state index contributed by atoms with van der Waals surface area (Å²) in [5.41, 5.74) is 0. The average Bonchev–Trinajstić information content (AvgIpc) is 0.811. The van der Waals surface area contributed by atoms with Crippen molar-refractivity contribution in [2.45, 2.75) is 4.87 Å². The Balaban J connectivity index is 2.32. The van der Waals surface area contributed by atoms with Gasteiger partial charge < -0.3 is 0 Å². The first-order valence-electron chi connectivity index (χ1n) is 1.15. The summed E-state index contributed by atoms with van der Waals surface area (Å²) >= 11 is -0.394. The Hall–Kier alpha value is 1.47. The summed E-state index contributed by atoms with van der Waals surface area (Å²) in [6.07, 6.45) is 0. The van der Waals surface area contributed by atoms with Gasteiger partial charge in [0.15, 0.2) is 0 Å². The van der Waals surface area contributed by atoms with Gasteiger partial charge in [0.05, 0.1) is 0 Å². The van der Waals surface area contributed by atoms with Crippen LogP contribution in [0.4, 0.5) is 0 Å². The molecule has 0 aliphatic heterocycles. The molecule has 0 nitrogen and oxygen atoms in total. The Bertz CT molecular complexity index is 12.8. The molecule has 0 spiro atoms. The monoisotopic (exact) mass is 200 g/mol. The summed E-state index contributed by atoms with van der Waals surface area (Å²) < 4.78 is 0. The van der Waals surface area contributed by atoms with E-state index in [4.69, 9.17) is 0 Å². The molecule has 3 heteroatoms. The predicted octanol–water partition coefficient (Wildman–Crippen LogP) is -0.655. The van der Waals surface area contributed by atoms with Gasteiger partial charge in [0.25, 0.3) is 0 Å². The van der Waals surface area contributed by atoms with E-state index >= 15 is 0 Å². The van der Waals surface area contributed by atoms with Gasteiger partial charge in [0.2, 0.25) is 0 Å². The van der Waals surface area contributed by atoms with Crippen molar-refractivity contribution in [3.8, 4) is 0 Å². The molecule has 0 aromatic carbocycles. The number of hydrogen-bond acceptors (Lipinski definition) is 0. The molecule has 0 aliphatic carbocycles. The van der Waals surface area contributed by atoms with E-state index in [2.05, 4.69) is 11.7 Å². The van der Waals surface area contributed by atoms with Crippen LogP contribution in [0.2, 0.25) is 4.87 Å². The third-order valence-electron chi connectivity index (χ3n) is 0. The molecule has 0 N–H and O–H groups in total. The molecule has 26 valence electrons. The summed E-state index contributed by atoms with van der Waals surface area (Å²) in [4.78, 5) is 2.37. The molecule has 0 bridgehead atoms. The van der Waals surface area contributed by atoms with Gasteiger partial charge in [0, 0.05) is 0 Å². The molecule has 0 heterocycles. The molecular weight excluding hydrogens is 193 g/mol. The van der Waals surface area contributed by atoms with E-state index in [0.717, 1.165) is 0 Å². The van der Waals surface area contributed by atoms with Crippen LogP contribution in [0.5, 0.6) is 0 Å². The van der Waals surface area contributed by atoms with Crippen molar-refractivity contribution in [1.29, 1.82) is 0 Å². The first-order chi connectivity index (χ1) is 1.73. The fourth-order valence-corrected chi connectivity index (χ4v) is 0. The molecule has 0 aromatic heterocycles. The molecule has 1 unspecified atom stereocenters. The third kappa shape index (κ3) is 9.81. The molecule has 0 aromatic rings. The van der Waals surface area contributed by atoms with E-state index in [1.807, 2.05) is 0 Å². The Morgan fingerprint density at radius 1 is 2.00 bits per heavy atom. The quantitative estimate of drug-likeness (QED) is 0.360. The van der Waals surface area contributed by atoms with Gasteiger partial charge in [-0.1, -0.05) is 0 Å². The van der Waals surface area contributed by atoms with Crippen LogP contribution in [0.3, 0.4) is 0 Å². The molecule has 0 amide bonds. The molecule has 1 atom stereocenters. The van der Waals surface area contributed by atoms with E-state index in [9.17, 15) is 0 Å². The van der Waals surface area contributed by atoms with Crippen molar-refractivity contribution < 1.29 is 0 Å². The zero-order valence-corrected chi connectivity index (χ0v) is 8.73. The second-order valence-electron chi connectivity index (χ2n) is 0.964. The summed E-state index contributed by atoms with van der Waals surface area (Å²) in [6, 6.07) is 0. The summed E-state index contributed by atoms with van der Waals surface area (Å²) in [7, 11) is 1.50. The molecule has 4 heavy (non-hydrogen) atoms. The zero-order valence-electron chi connectivity index (χ0n) is 3.02.